The molecule has 92 valence electrons. The van der Waals surface area contributed by atoms with Crippen LogP contribution in [0.1, 0.15) is 39.0 Å². The number of amides is 1. The van der Waals surface area contributed by atoms with Gasteiger partial charge < -0.3 is 15.5 Å². The molecule has 1 amide bonds. The van der Waals surface area contributed by atoms with Crippen LogP contribution in [0.5, 0.6) is 0 Å². The second-order valence-electron chi connectivity index (χ2n) is 4.62. The molecule has 5 nitrogen and oxygen atoms in total. The number of nitrogens with one attached hydrogen (secondary N) is 1. The summed E-state index contributed by atoms with van der Waals surface area (Å²) in [6.45, 7) is 1.55. The van der Waals surface area contributed by atoms with Gasteiger partial charge in [-0.3, -0.25) is 9.59 Å². The van der Waals surface area contributed by atoms with Gasteiger partial charge in [0.2, 0.25) is 5.91 Å². The second-order valence-corrected chi connectivity index (χ2v) is 4.62. The van der Waals surface area contributed by atoms with Gasteiger partial charge in [0.15, 0.2) is 0 Å². The Kier molecular flexibility index (Phi) is 4.29. The molecule has 1 atom stereocenters. The van der Waals surface area contributed by atoms with Gasteiger partial charge in [-0.1, -0.05) is 12.8 Å². The molecule has 0 spiro atoms. The van der Waals surface area contributed by atoms with Gasteiger partial charge in [-0.05, 0) is 19.8 Å². The third-order valence-electron chi connectivity index (χ3n) is 3.19. The van der Waals surface area contributed by atoms with Crippen LogP contribution in [0, 0.1) is 5.41 Å². The molecule has 0 aliphatic heterocycles. The van der Waals surface area contributed by atoms with Gasteiger partial charge in [0.05, 0.1) is 12.0 Å². The van der Waals surface area contributed by atoms with E-state index < -0.39 is 11.4 Å². The number of aliphatic hydroxyl groups is 1. The van der Waals surface area contributed by atoms with Crippen molar-refractivity contribution in [3.63, 3.8) is 0 Å². The molecule has 0 aromatic heterocycles. The molecular formula is C11H19NO4. The number of aliphatic carboxylic acids is 1. The van der Waals surface area contributed by atoms with Crippen LogP contribution in [0.3, 0.4) is 0 Å². The number of hydrogen-bond acceptors (Lipinski definition) is 3. The fourth-order valence-corrected chi connectivity index (χ4v) is 2.20. The highest BCUT2D eigenvalue weighted by molar-refractivity contribution is 5.85. The van der Waals surface area contributed by atoms with Gasteiger partial charge in [-0.15, -0.1) is 0 Å². The highest BCUT2D eigenvalue weighted by atomic mass is 16.4. The standard InChI is InChI=1S/C11H19NO4/c1-8(7-13)12-9(14)6-11(10(15)16)4-2-3-5-11/h8,13H,2-7H2,1H3,(H,12,14)(H,15,16)/t8-/m0/s1. The summed E-state index contributed by atoms with van der Waals surface area (Å²) < 4.78 is 0. The molecule has 1 rings (SSSR count). The summed E-state index contributed by atoms with van der Waals surface area (Å²) >= 11 is 0. The third kappa shape index (κ3) is 2.95. The summed E-state index contributed by atoms with van der Waals surface area (Å²) in [5.41, 5.74) is -0.876. The van der Waals surface area contributed by atoms with Gasteiger partial charge in [-0.2, -0.15) is 0 Å². The molecule has 1 saturated carbocycles. The minimum absolute atomic E-state index is 0.0205. The van der Waals surface area contributed by atoms with Crippen molar-refractivity contribution in [2.24, 2.45) is 5.41 Å². The van der Waals surface area contributed by atoms with Gasteiger partial charge in [-0.25, -0.2) is 0 Å². The van der Waals surface area contributed by atoms with E-state index in [0.29, 0.717) is 12.8 Å². The van der Waals surface area contributed by atoms with Gasteiger partial charge in [0.1, 0.15) is 0 Å². The van der Waals surface area contributed by atoms with E-state index in [2.05, 4.69) is 5.32 Å². The van der Waals surface area contributed by atoms with E-state index in [9.17, 15) is 14.7 Å². The molecule has 5 heteroatoms. The van der Waals surface area contributed by atoms with Crippen molar-refractivity contribution < 1.29 is 19.8 Å². The van der Waals surface area contributed by atoms with E-state index in [-0.39, 0.29) is 25.0 Å². The van der Waals surface area contributed by atoms with Crippen LogP contribution >= 0.6 is 0 Å². The number of aliphatic hydroxyl groups excluding tert-OH is 1. The fraction of sp³-hybridized carbons (Fsp3) is 0.818. The van der Waals surface area contributed by atoms with Crippen LogP contribution in [0.2, 0.25) is 0 Å². The Bertz CT molecular complexity index is 271. The first-order chi connectivity index (χ1) is 7.50. The smallest absolute Gasteiger partial charge is 0.310 e. The van der Waals surface area contributed by atoms with Crippen molar-refractivity contribution in [2.75, 3.05) is 6.61 Å². The summed E-state index contributed by atoms with van der Waals surface area (Å²) in [6, 6.07) is -0.320. The van der Waals surface area contributed by atoms with Crippen molar-refractivity contribution in [3.05, 3.63) is 0 Å². The molecule has 0 aromatic carbocycles. The summed E-state index contributed by atoms with van der Waals surface area (Å²) in [6.07, 6.45) is 2.91. The molecule has 1 aliphatic carbocycles. The Labute approximate surface area is 94.8 Å². The van der Waals surface area contributed by atoms with E-state index >= 15 is 0 Å². The predicted molar refractivity (Wildman–Crippen MR) is 57.8 cm³/mol. The number of carbonyl (C=O) groups is 2. The summed E-state index contributed by atoms with van der Waals surface area (Å²) in [4.78, 5) is 22.8. The van der Waals surface area contributed by atoms with Crippen molar-refractivity contribution in [1.82, 2.24) is 5.32 Å². The summed E-state index contributed by atoms with van der Waals surface area (Å²) in [5.74, 6) is -1.16. The lowest BCUT2D eigenvalue weighted by atomic mass is 9.82. The van der Waals surface area contributed by atoms with Gasteiger partial charge in [0.25, 0.3) is 0 Å². The monoisotopic (exact) mass is 229 g/mol. The first kappa shape index (κ1) is 13.0. The Hall–Kier alpha value is -1.10. The lowest BCUT2D eigenvalue weighted by Gasteiger charge is -2.23. The van der Waals surface area contributed by atoms with Crippen LogP contribution in [0.4, 0.5) is 0 Å². The van der Waals surface area contributed by atoms with Crippen LogP contribution in [-0.4, -0.2) is 34.7 Å². The van der Waals surface area contributed by atoms with Gasteiger partial charge in [0, 0.05) is 12.5 Å². The Morgan fingerprint density at radius 3 is 2.38 bits per heavy atom. The zero-order valence-electron chi connectivity index (χ0n) is 9.53. The van der Waals surface area contributed by atoms with Crippen molar-refractivity contribution >= 4 is 11.9 Å². The molecule has 16 heavy (non-hydrogen) atoms. The molecule has 0 saturated heterocycles. The number of hydrogen-bond donors (Lipinski definition) is 3. The maximum Gasteiger partial charge on any atom is 0.310 e. The summed E-state index contributed by atoms with van der Waals surface area (Å²) in [7, 11) is 0. The van der Waals surface area contributed by atoms with Crippen LogP contribution < -0.4 is 5.32 Å². The predicted octanol–water partition coefficient (Wildman–Crippen LogP) is 0.518. The van der Waals surface area contributed by atoms with E-state index in [1.807, 2.05) is 0 Å². The quantitative estimate of drug-likeness (QED) is 0.641. The molecule has 0 unspecified atom stereocenters. The molecule has 1 fully saturated rings. The summed E-state index contributed by atoms with van der Waals surface area (Å²) in [5, 5.41) is 20.5. The maximum absolute atomic E-state index is 11.6. The Balaban J connectivity index is 2.56. The number of carbonyl (C=O) groups excluding carboxylic acids is 1. The zero-order chi connectivity index (χ0) is 12.2. The minimum atomic E-state index is -0.878. The molecule has 3 N–H and O–H groups in total. The second kappa shape index (κ2) is 5.30. The van der Waals surface area contributed by atoms with E-state index in [0.717, 1.165) is 12.8 Å². The zero-order valence-corrected chi connectivity index (χ0v) is 9.53. The lowest BCUT2D eigenvalue weighted by Crippen LogP contribution is -2.40. The van der Waals surface area contributed by atoms with Crippen molar-refractivity contribution in [1.29, 1.82) is 0 Å². The van der Waals surface area contributed by atoms with E-state index in [4.69, 9.17) is 5.11 Å². The first-order valence-electron chi connectivity index (χ1n) is 5.64. The molecule has 1 aliphatic rings. The van der Waals surface area contributed by atoms with Crippen LogP contribution in [0.25, 0.3) is 0 Å². The molecule has 0 bridgehead atoms. The fourth-order valence-electron chi connectivity index (χ4n) is 2.20. The number of rotatable bonds is 5. The van der Waals surface area contributed by atoms with Crippen molar-refractivity contribution in [3.8, 4) is 0 Å². The van der Waals surface area contributed by atoms with E-state index in [1.165, 1.54) is 0 Å². The third-order valence-corrected chi connectivity index (χ3v) is 3.19. The lowest BCUT2D eigenvalue weighted by molar-refractivity contribution is -0.151. The SMILES string of the molecule is C[C@@H](CO)NC(=O)CC1(C(=O)O)CCCC1. The topological polar surface area (TPSA) is 86.6 Å². The molecular weight excluding hydrogens is 210 g/mol. The molecule has 0 radical (unpaired) electrons. The average molecular weight is 229 g/mol. The van der Waals surface area contributed by atoms with Crippen molar-refractivity contribution in [2.45, 2.75) is 45.1 Å². The maximum atomic E-state index is 11.6. The Morgan fingerprint density at radius 1 is 1.38 bits per heavy atom. The first-order valence-corrected chi connectivity index (χ1v) is 5.64. The van der Waals surface area contributed by atoms with Gasteiger partial charge >= 0.3 is 5.97 Å². The van der Waals surface area contributed by atoms with Crippen LogP contribution in [0.15, 0.2) is 0 Å². The number of carboxylic acid groups (broad SMARTS) is 1. The van der Waals surface area contributed by atoms with Crippen LogP contribution in [-0.2, 0) is 9.59 Å². The Morgan fingerprint density at radius 2 is 1.94 bits per heavy atom. The molecule has 0 heterocycles. The number of carboxylic acids is 1. The highest BCUT2D eigenvalue weighted by Crippen LogP contribution is 2.41. The minimum Gasteiger partial charge on any atom is -0.481 e. The van der Waals surface area contributed by atoms with E-state index in [1.54, 1.807) is 6.92 Å². The molecule has 0 aromatic rings. The highest BCUT2D eigenvalue weighted by Gasteiger charge is 2.42. The average Bonchev–Trinajstić information content (AvgIpc) is 2.67. The normalized spacial score (nSPS) is 20.4. The largest absolute Gasteiger partial charge is 0.481 e.